The van der Waals surface area contributed by atoms with Gasteiger partial charge in [-0.05, 0) is 18.2 Å². The lowest BCUT2D eigenvalue weighted by Crippen LogP contribution is -2.18. The van der Waals surface area contributed by atoms with Gasteiger partial charge in [-0.3, -0.25) is 0 Å². The SMILES string of the molecule is COc1ccc2cc(CC(F)(F)F)c(=O)oc2c1. The third kappa shape index (κ3) is 2.64. The third-order valence-corrected chi connectivity index (χ3v) is 2.41. The summed E-state index contributed by atoms with van der Waals surface area (Å²) in [6.07, 6.45) is -5.73. The van der Waals surface area contributed by atoms with Gasteiger partial charge < -0.3 is 9.15 Å². The molecule has 0 fully saturated rings. The van der Waals surface area contributed by atoms with Crippen LogP contribution in [0.5, 0.6) is 5.75 Å². The molecule has 0 aliphatic heterocycles. The fourth-order valence-electron chi connectivity index (χ4n) is 1.60. The zero-order chi connectivity index (χ0) is 13.3. The first-order valence-corrected chi connectivity index (χ1v) is 5.06. The Morgan fingerprint density at radius 1 is 1.28 bits per heavy atom. The second-order valence-corrected chi connectivity index (χ2v) is 3.75. The van der Waals surface area contributed by atoms with Crippen molar-refractivity contribution < 1.29 is 22.3 Å². The second-order valence-electron chi connectivity index (χ2n) is 3.75. The number of hydrogen-bond donors (Lipinski definition) is 0. The van der Waals surface area contributed by atoms with Gasteiger partial charge in [0.05, 0.1) is 13.5 Å². The van der Waals surface area contributed by atoms with Crippen molar-refractivity contribution in [1.82, 2.24) is 0 Å². The van der Waals surface area contributed by atoms with Crippen molar-refractivity contribution in [1.29, 1.82) is 0 Å². The normalized spacial score (nSPS) is 11.8. The Hall–Kier alpha value is -1.98. The fraction of sp³-hybridized carbons (Fsp3) is 0.250. The van der Waals surface area contributed by atoms with Crippen LogP contribution >= 0.6 is 0 Å². The fourth-order valence-corrected chi connectivity index (χ4v) is 1.60. The first-order valence-electron chi connectivity index (χ1n) is 5.06. The minimum Gasteiger partial charge on any atom is -0.497 e. The van der Waals surface area contributed by atoms with Gasteiger partial charge in [-0.2, -0.15) is 13.2 Å². The number of rotatable bonds is 2. The number of ether oxygens (including phenoxy) is 1. The number of halogens is 3. The molecule has 0 saturated carbocycles. The highest BCUT2D eigenvalue weighted by Crippen LogP contribution is 2.24. The van der Waals surface area contributed by atoms with Gasteiger partial charge in [-0.15, -0.1) is 0 Å². The van der Waals surface area contributed by atoms with E-state index in [1.54, 1.807) is 6.07 Å². The summed E-state index contributed by atoms with van der Waals surface area (Å²) in [4.78, 5) is 11.4. The summed E-state index contributed by atoms with van der Waals surface area (Å²) in [5.41, 5.74) is -1.18. The maximum Gasteiger partial charge on any atom is 0.393 e. The minimum atomic E-state index is -4.44. The summed E-state index contributed by atoms with van der Waals surface area (Å²) in [5.74, 6) is 0.467. The molecule has 0 spiro atoms. The van der Waals surface area contributed by atoms with Crippen LogP contribution in [-0.2, 0) is 6.42 Å². The first kappa shape index (κ1) is 12.5. The number of methoxy groups -OCH3 is 1. The molecule has 18 heavy (non-hydrogen) atoms. The van der Waals surface area contributed by atoms with E-state index in [0.717, 1.165) is 0 Å². The lowest BCUT2D eigenvalue weighted by Gasteiger charge is -2.06. The number of benzene rings is 1. The molecule has 0 bridgehead atoms. The Morgan fingerprint density at radius 3 is 2.61 bits per heavy atom. The van der Waals surface area contributed by atoms with Gasteiger partial charge in [0.1, 0.15) is 11.3 Å². The van der Waals surface area contributed by atoms with Crippen LogP contribution in [0.3, 0.4) is 0 Å². The minimum absolute atomic E-state index is 0.199. The highest BCUT2D eigenvalue weighted by atomic mass is 19.4. The highest BCUT2D eigenvalue weighted by molar-refractivity contribution is 5.78. The molecular formula is C12H9F3O3. The summed E-state index contributed by atoms with van der Waals surface area (Å²) in [5, 5.41) is 0.426. The van der Waals surface area contributed by atoms with E-state index in [-0.39, 0.29) is 5.58 Å². The monoisotopic (exact) mass is 258 g/mol. The summed E-state index contributed by atoms with van der Waals surface area (Å²) in [6.45, 7) is 0. The van der Waals surface area contributed by atoms with Crippen LogP contribution in [0, 0.1) is 0 Å². The van der Waals surface area contributed by atoms with Crippen molar-refractivity contribution in [3.8, 4) is 5.75 Å². The van der Waals surface area contributed by atoms with E-state index in [4.69, 9.17) is 9.15 Å². The third-order valence-electron chi connectivity index (χ3n) is 2.41. The molecule has 6 heteroatoms. The summed E-state index contributed by atoms with van der Waals surface area (Å²) in [6, 6.07) is 5.76. The summed E-state index contributed by atoms with van der Waals surface area (Å²) in [7, 11) is 1.44. The van der Waals surface area contributed by atoms with Gasteiger partial charge in [0.15, 0.2) is 0 Å². The molecule has 2 rings (SSSR count). The zero-order valence-electron chi connectivity index (χ0n) is 9.38. The molecule has 0 atom stereocenters. The Balaban J connectivity index is 2.53. The standard InChI is InChI=1S/C12H9F3O3/c1-17-9-3-2-7-4-8(6-12(13,14)15)11(16)18-10(7)5-9/h2-5H,6H2,1H3. The van der Waals surface area contributed by atoms with E-state index in [0.29, 0.717) is 11.1 Å². The Kier molecular flexibility index (Phi) is 3.02. The molecule has 0 amide bonds. The second kappa shape index (κ2) is 4.36. The molecule has 0 N–H and O–H groups in total. The molecule has 0 aliphatic carbocycles. The molecule has 1 aromatic heterocycles. The van der Waals surface area contributed by atoms with Crippen molar-refractivity contribution in [2.75, 3.05) is 7.11 Å². The average molecular weight is 258 g/mol. The molecule has 0 saturated heterocycles. The topological polar surface area (TPSA) is 39.4 Å². The van der Waals surface area contributed by atoms with Gasteiger partial charge in [0.25, 0.3) is 0 Å². The van der Waals surface area contributed by atoms with E-state index < -0.39 is 23.8 Å². The molecule has 0 unspecified atom stereocenters. The van der Waals surface area contributed by atoms with Crippen molar-refractivity contribution in [2.45, 2.75) is 12.6 Å². The molecule has 0 radical (unpaired) electrons. The lowest BCUT2D eigenvalue weighted by molar-refractivity contribution is -0.127. The van der Waals surface area contributed by atoms with E-state index in [2.05, 4.69) is 0 Å². The van der Waals surface area contributed by atoms with Gasteiger partial charge in [-0.1, -0.05) is 0 Å². The molecule has 1 heterocycles. The van der Waals surface area contributed by atoms with Gasteiger partial charge >= 0.3 is 11.8 Å². The van der Waals surface area contributed by atoms with Crippen LogP contribution < -0.4 is 10.4 Å². The number of alkyl halides is 3. The quantitative estimate of drug-likeness (QED) is 0.777. The highest BCUT2D eigenvalue weighted by Gasteiger charge is 2.29. The van der Waals surface area contributed by atoms with Gasteiger partial charge in [-0.25, -0.2) is 4.79 Å². The van der Waals surface area contributed by atoms with Crippen LogP contribution in [0.4, 0.5) is 13.2 Å². The van der Waals surface area contributed by atoms with Crippen LogP contribution in [0.15, 0.2) is 33.5 Å². The van der Waals surface area contributed by atoms with E-state index in [1.807, 2.05) is 0 Å². The zero-order valence-corrected chi connectivity index (χ0v) is 9.38. The van der Waals surface area contributed by atoms with Crippen LogP contribution in [0.2, 0.25) is 0 Å². The molecule has 0 aliphatic rings. The van der Waals surface area contributed by atoms with E-state index in [1.165, 1.54) is 25.3 Å². The molecule has 2 aromatic rings. The van der Waals surface area contributed by atoms with Crippen LogP contribution in [0.25, 0.3) is 11.0 Å². The molecular weight excluding hydrogens is 249 g/mol. The predicted molar refractivity (Wildman–Crippen MR) is 58.8 cm³/mol. The maximum atomic E-state index is 12.2. The summed E-state index contributed by atoms with van der Waals surface area (Å²) >= 11 is 0. The predicted octanol–water partition coefficient (Wildman–Crippen LogP) is 2.91. The average Bonchev–Trinajstić information content (AvgIpc) is 2.27. The van der Waals surface area contributed by atoms with Crippen molar-refractivity contribution >= 4 is 11.0 Å². The Morgan fingerprint density at radius 2 is 2.00 bits per heavy atom. The van der Waals surface area contributed by atoms with Crippen molar-refractivity contribution in [3.05, 3.63) is 40.2 Å². The Labute approximate surface area is 99.8 Å². The smallest absolute Gasteiger partial charge is 0.393 e. The molecule has 1 aromatic carbocycles. The van der Waals surface area contributed by atoms with Crippen LogP contribution in [-0.4, -0.2) is 13.3 Å². The van der Waals surface area contributed by atoms with Gasteiger partial charge in [0, 0.05) is 17.0 Å². The van der Waals surface area contributed by atoms with Crippen LogP contribution in [0.1, 0.15) is 5.56 Å². The molecule has 96 valence electrons. The lowest BCUT2D eigenvalue weighted by atomic mass is 10.1. The number of fused-ring (bicyclic) bond motifs is 1. The largest absolute Gasteiger partial charge is 0.497 e. The molecule has 3 nitrogen and oxygen atoms in total. The van der Waals surface area contributed by atoms with E-state index in [9.17, 15) is 18.0 Å². The van der Waals surface area contributed by atoms with Crippen molar-refractivity contribution in [3.63, 3.8) is 0 Å². The van der Waals surface area contributed by atoms with E-state index >= 15 is 0 Å². The first-order chi connectivity index (χ1) is 8.39. The number of hydrogen-bond acceptors (Lipinski definition) is 3. The van der Waals surface area contributed by atoms with Crippen molar-refractivity contribution in [2.24, 2.45) is 0 Å². The Bertz CT molecular complexity index is 628. The maximum absolute atomic E-state index is 12.2. The van der Waals surface area contributed by atoms with Gasteiger partial charge in [0.2, 0.25) is 0 Å². The summed E-state index contributed by atoms with van der Waals surface area (Å²) < 4.78 is 46.5.